The first kappa shape index (κ1) is 45.5. The summed E-state index contributed by atoms with van der Waals surface area (Å²) in [5, 5.41) is 43.7. The predicted molar refractivity (Wildman–Crippen MR) is 192 cm³/mol. The fraction of sp³-hybridized carbons (Fsp3) is 0.0645. The number of nitrogens with two attached hydrogens (primary N) is 2. The molecule has 0 heterocycles. The van der Waals surface area contributed by atoms with Gasteiger partial charge in [0.05, 0.1) is 60.5 Å². The van der Waals surface area contributed by atoms with Crippen LogP contribution in [0.15, 0.2) is 121 Å². The van der Waals surface area contributed by atoms with E-state index in [4.69, 9.17) is 57.4 Å². The van der Waals surface area contributed by atoms with Gasteiger partial charge in [-0.2, -0.15) is 30.7 Å². The Bertz CT molecular complexity index is 2020. The summed E-state index contributed by atoms with van der Waals surface area (Å²) in [4.78, 5) is 0. The quantitative estimate of drug-likeness (QED) is 0.0252. The first-order chi connectivity index (χ1) is 25.4. The van der Waals surface area contributed by atoms with E-state index < -0.39 is 37.0 Å². The fourth-order valence-corrected chi connectivity index (χ4v) is 3.72. The van der Waals surface area contributed by atoms with Crippen molar-refractivity contribution in [1.82, 2.24) is 0 Å². The Balaban J connectivity index is 0.000000462. The van der Waals surface area contributed by atoms with Crippen LogP contribution in [0, 0.1) is 7.05 Å². The number of benzene rings is 4. The summed E-state index contributed by atoms with van der Waals surface area (Å²) in [5.74, 6) is 1.04. The maximum atomic E-state index is 8.50. The second-order valence-electron chi connectivity index (χ2n) is 9.12. The molecule has 0 spiro atoms. The zero-order chi connectivity index (χ0) is 39.6. The molecule has 8 N–H and O–H groups in total. The van der Waals surface area contributed by atoms with Gasteiger partial charge < -0.3 is 56.4 Å². The molecule has 0 aliphatic carbocycles. The van der Waals surface area contributed by atoms with Crippen LogP contribution in [-0.2, 0) is 75.8 Å². The van der Waals surface area contributed by atoms with Crippen molar-refractivity contribution >= 4 is 70.8 Å². The van der Waals surface area contributed by atoms with Gasteiger partial charge in [0.15, 0.2) is 0 Å². The molecule has 0 aliphatic heterocycles. The van der Waals surface area contributed by atoms with Crippen molar-refractivity contribution in [1.29, 1.82) is 0 Å². The Kier molecular flexibility index (Phi) is 22.5. The van der Waals surface area contributed by atoms with Crippen molar-refractivity contribution in [3.8, 4) is 23.0 Å². The zero-order valence-corrected chi connectivity index (χ0v) is 33.4. The van der Waals surface area contributed by atoms with Crippen LogP contribution in [0.5, 0.6) is 23.0 Å². The molecule has 0 fully saturated rings. The Hall–Kier alpha value is -5.55. The van der Waals surface area contributed by atoms with E-state index in [2.05, 4.69) is 55.4 Å². The van der Waals surface area contributed by atoms with Crippen molar-refractivity contribution < 1.29 is 74.9 Å². The average Bonchev–Trinajstić information content (AvgIpc) is 3.13. The zero-order valence-electron chi connectivity index (χ0n) is 27.8. The van der Waals surface area contributed by atoms with Crippen LogP contribution in [0.1, 0.15) is 11.1 Å². The first-order valence-electron chi connectivity index (χ1n) is 14.1. The summed E-state index contributed by atoms with van der Waals surface area (Å²) in [6.07, 6.45) is 2.87. The van der Waals surface area contributed by atoms with Gasteiger partial charge in [-0.1, -0.05) is 36.4 Å². The van der Waals surface area contributed by atoms with E-state index in [9.17, 15) is 0 Å². The first-order valence-corrected chi connectivity index (χ1v) is 18.2. The summed E-state index contributed by atoms with van der Waals surface area (Å²) in [6.45, 7) is 0. The second kappa shape index (κ2) is 26.3. The van der Waals surface area contributed by atoms with E-state index in [1.54, 1.807) is 24.3 Å². The minimum atomic E-state index is -2.03. The summed E-state index contributed by atoms with van der Waals surface area (Å²) >= 11 is 5.24. The summed E-state index contributed by atoms with van der Waals surface area (Å²) in [5.41, 5.74) is 14.0. The van der Waals surface area contributed by atoms with E-state index in [0.29, 0.717) is 34.0 Å². The van der Waals surface area contributed by atoms with Gasteiger partial charge >= 0.3 is 56.3 Å². The molecule has 18 nitrogen and oxygen atoms in total. The molecule has 53 heavy (non-hydrogen) atoms. The number of hydrogen-bond donors (Lipinski definition) is 2. The molecule has 4 aromatic rings. The molecular formula is C31H32Mo2N10O8S2+2. The fourth-order valence-electron chi connectivity index (χ4n) is 3.57. The molecule has 0 atom stereocenters. The molecule has 0 aliphatic rings. The van der Waals surface area contributed by atoms with E-state index in [-0.39, 0.29) is 21.8 Å². The molecule has 0 aromatic heterocycles. The van der Waals surface area contributed by atoms with Crippen LogP contribution in [0.3, 0.4) is 0 Å². The standard InChI is InChI=1S/C16H17N5O2S.C15H15N5O2S.2Mo.4O/c1-21(20-16(17)24)10-11-8-13(9-14(23-2)15(11)22)19-18-12-6-4-3-5-7-12;1-22-13-8-12(19-18-11-5-3-2-4-6-11)7-10(14(13)21)9-17-20-15(16)23;;;;;;/h3-10,22H,1H2,2H3,(H3,17,20,24);2-9,21H,1H3,(H3,16,20,23);;;;;;/q;;;+2;;;;. The van der Waals surface area contributed by atoms with Crippen molar-refractivity contribution in [3.63, 3.8) is 0 Å². The number of amidine groups is 2. The molecule has 0 saturated heterocycles. The normalized spacial score (nSPS) is 11.3. The predicted octanol–water partition coefficient (Wildman–Crippen LogP) is 4.81. The Morgan fingerprint density at radius 3 is 1.55 bits per heavy atom. The topological polar surface area (TPSA) is 274 Å². The number of rotatable bonds is 10. The number of methoxy groups -OCH3 is 2. The van der Waals surface area contributed by atoms with Crippen LogP contribution in [0.25, 0.3) is 0 Å². The maximum absolute atomic E-state index is 8.50. The summed E-state index contributed by atoms with van der Waals surface area (Å²) in [6, 6.07) is 25.2. The van der Waals surface area contributed by atoms with E-state index in [1.807, 2.05) is 60.7 Å². The molecule has 4 rings (SSSR count). The van der Waals surface area contributed by atoms with Gasteiger partial charge in [0.2, 0.25) is 11.5 Å². The van der Waals surface area contributed by atoms with E-state index in [1.165, 1.54) is 31.3 Å². The summed E-state index contributed by atoms with van der Waals surface area (Å²) in [7, 11) is 6.62. The van der Waals surface area contributed by atoms with Gasteiger partial charge in [-0.15, -0.1) is 0 Å². The molecular weight excluding hydrogens is 896 g/mol. The monoisotopic (exact) mass is 932 g/mol. The van der Waals surface area contributed by atoms with Gasteiger partial charge in [0.1, 0.15) is 0 Å². The molecule has 0 unspecified atom stereocenters. The second-order valence-corrected chi connectivity index (χ2v) is 10.6. The Morgan fingerprint density at radius 2 is 1.15 bits per heavy atom. The average molecular weight is 929 g/mol. The van der Waals surface area contributed by atoms with Gasteiger partial charge in [0, 0.05) is 24.3 Å². The van der Waals surface area contributed by atoms with Crippen LogP contribution in [0.4, 0.5) is 22.7 Å². The van der Waals surface area contributed by atoms with E-state index in [0.717, 1.165) is 11.4 Å². The Morgan fingerprint density at radius 1 is 0.755 bits per heavy atom. The van der Waals surface area contributed by atoms with Gasteiger partial charge in [-0.05, 0) is 46.7 Å². The van der Waals surface area contributed by atoms with Crippen LogP contribution in [0.2, 0.25) is 0 Å². The number of hydrazone groups is 1. The third kappa shape index (κ3) is 18.5. The number of hydrogen-bond acceptors (Lipinski definition) is 15. The van der Waals surface area contributed by atoms with Crippen LogP contribution >= 0.6 is 0 Å². The molecule has 0 bridgehead atoms. The van der Waals surface area contributed by atoms with Crippen molar-refractivity contribution in [2.24, 2.45) is 47.2 Å². The molecule has 0 saturated carbocycles. The minimum absolute atomic E-state index is 0.0559. The molecule has 0 radical (unpaired) electrons. The van der Waals surface area contributed by atoms with Crippen molar-refractivity contribution in [2.45, 2.75) is 0 Å². The Labute approximate surface area is 331 Å². The summed E-state index contributed by atoms with van der Waals surface area (Å²) < 4.78 is 45.6. The van der Waals surface area contributed by atoms with Crippen molar-refractivity contribution in [3.05, 3.63) is 103 Å². The number of nitrogens with zero attached hydrogens (tertiary/aromatic N) is 8. The van der Waals surface area contributed by atoms with Crippen LogP contribution in [-0.4, -0.2) is 51.9 Å². The molecule has 0 amide bonds. The van der Waals surface area contributed by atoms with E-state index >= 15 is 0 Å². The van der Waals surface area contributed by atoms with Gasteiger partial charge in [0.25, 0.3) is 5.75 Å². The molecule has 4 aromatic carbocycles. The van der Waals surface area contributed by atoms with Crippen LogP contribution < -0.4 is 20.9 Å². The molecule has 276 valence electrons. The van der Waals surface area contributed by atoms with Gasteiger partial charge in [-0.3, -0.25) is 0 Å². The van der Waals surface area contributed by atoms with Crippen molar-refractivity contribution in [2.75, 3.05) is 14.2 Å². The number of ether oxygens (including phenoxy) is 2. The molecule has 22 heteroatoms. The third-order valence-electron chi connectivity index (χ3n) is 5.62. The number of azo groups is 2. The van der Waals surface area contributed by atoms with Gasteiger partial charge in [-0.25, -0.2) is 4.68 Å². The SMILES string of the molecule is COc1cc(N=Nc2ccccc2)cc(C=NN=C(N)[S-])c1[OH2+].[CH2-][N+](=Cc1cc(N=Nc2ccccc2)cc(OC)c1[OH2+])N=C(N)[S-].[O]=[Mo+2]=[O].[O]=[Mo]=[O]. The third-order valence-corrected chi connectivity index (χ3v) is 5.78.